The van der Waals surface area contributed by atoms with Crippen LogP contribution in [0.4, 0.5) is 0 Å². The van der Waals surface area contributed by atoms with Crippen molar-refractivity contribution in [1.82, 2.24) is 0 Å². The van der Waals surface area contributed by atoms with Crippen molar-refractivity contribution in [2.24, 2.45) is 5.16 Å². The predicted molar refractivity (Wildman–Crippen MR) is 48.8 cm³/mol. The Kier molecular flexibility index (Phi) is 6.79. The third-order valence-corrected chi connectivity index (χ3v) is 1.43. The minimum Gasteiger partial charge on any atom is -0.399 e. The van der Waals surface area contributed by atoms with Crippen molar-refractivity contribution >= 4 is 6.21 Å². The molecule has 0 radical (unpaired) electrons. The Bertz CT molecular complexity index is 138. The molecule has 0 aromatic heterocycles. The highest BCUT2D eigenvalue weighted by molar-refractivity contribution is 5.77. The molecule has 0 aliphatic rings. The summed E-state index contributed by atoms with van der Waals surface area (Å²) in [5.41, 5.74) is 1.24. The van der Waals surface area contributed by atoms with E-state index < -0.39 is 0 Å². The molecule has 0 aromatic rings. The van der Waals surface area contributed by atoms with Crippen LogP contribution in [-0.4, -0.2) is 13.3 Å². The molecule has 0 N–H and O–H groups in total. The first kappa shape index (κ1) is 10.2. The van der Waals surface area contributed by atoms with Crippen molar-refractivity contribution in [3.8, 4) is 0 Å². The van der Waals surface area contributed by atoms with Crippen LogP contribution >= 0.6 is 0 Å². The molecule has 0 amide bonds. The molecule has 0 aliphatic carbocycles. The van der Waals surface area contributed by atoms with Gasteiger partial charge in [-0.05, 0) is 18.4 Å². The lowest BCUT2D eigenvalue weighted by Gasteiger charge is -1.94. The molecule has 0 unspecified atom stereocenters. The van der Waals surface area contributed by atoms with Crippen LogP contribution in [0.25, 0.3) is 0 Å². The third kappa shape index (κ3) is 5.64. The van der Waals surface area contributed by atoms with Crippen LogP contribution in [0.3, 0.4) is 0 Å². The van der Waals surface area contributed by atoms with Crippen molar-refractivity contribution in [3.05, 3.63) is 11.6 Å². The van der Waals surface area contributed by atoms with Gasteiger partial charge in [-0.15, -0.1) is 0 Å². The van der Waals surface area contributed by atoms with Gasteiger partial charge in [-0.3, -0.25) is 0 Å². The summed E-state index contributed by atoms with van der Waals surface area (Å²) in [6, 6.07) is 0. The van der Waals surface area contributed by atoms with E-state index in [1.165, 1.54) is 12.0 Å². The average molecular weight is 155 g/mol. The Morgan fingerprint density at radius 2 is 2.18 bits per heavy atom. The summed E-state index contributed by atoms with van der Waals surface area (Å²) in [5, 5.41) is 3.70. The molecule has 0 saturated carbocycles. The van der Waals surface area contributed by atoms with Crippen LogP contribution in [0.15, 0.2) is 16.8 Å². The maximum Gasteiger partial charge on any atom is 0.106 e. The molecule has 64 valence electrons. The number of oxime groups is 1. The Balaban J connectivity index is 3.83. The fourth-order valence-corrected chi connectivity index (χ4v) is 0.738. The molecule has 0 bridgehead atoms. The Morgan fingerprint density at radius 3 is 2.64 bits per heavy atom. The van der Waals surface area contributed by atoms with Crippen LogP contribution in [-0.2, 0) is 4.84 Å². The second-order valence-corrected chi connectivity index (χ2v) is 2.34. The molecule has 0 aromatic carbocycles. The highest BCUT2D eigenvalue weighted by Crippen LogP contribution is 2.00. The summed E-state index contributed by atoms with van der Waals surface area (Å²) in [6.45, 7) is 4.28. The standard InChI is InChI=1S/C9H17NO/c1-4-6-7-9(5-2)8-10-11-3/h7-8H,4-6H2,1-3H3/b9-7+,10-8+. The summed E-state index contributed by atoms with van der Waals surface area (Å²) in [6.07, 6.45) is 7.30. The summed E-state index contributed by atoms with van der Waals surface area (Å²) in [5.74, 6) is 0. The van der Waals surface area contributed by atoms with Crippen molar-refractivity contribution < 1.29 is 4.84 Å². The molecular weight excluding hydrogens is 138 g/mol. The average Bonchev–Trinajstić information content (AvgIpc) is 2.05. The monoisotopic (exact) mass is 155 g/mol. The SMILES string of the molecule is CCC/C=C(/C=N/OC)CC. The lowest BCUT2D eigenvalue weighted by atomic mass is 10.2. The van der Waals surface area contributed by atoms with Gasteiger partial charge in [0.25, 0.3) is 0 Å². The lowest BCUT2D eigenvalue weighted by Crippen LogP contribution is -1.83. The smallest absolute Gasteiger partial charge is 0.106 e. The number of nitrogens with zero attached hydrogens (tertiary/aromatic N) is 1. The van der Waals surface area contributed by atoms with Crippen molar-refractivity contribution in [2.75, 3.05) is 7.11 Å². The first-order chi connectivity index (χ1) is 5.35. The molecule has 0 spiro atoms. The molecule has 0 heterocycles. The van der Waals surface area contributed by atoms with Gasteiger partial charge in [-0.2, -0.15) is 0 Å². The molecule has 0 saturated heterocycles. The van der Waals surface area contributed by atoms with Crippen LogP contribution < -0.4 is 0 Å². The van der Waals surface area contributed by atoms with E-state index in [1.807, 2.05) is 0 Å². The van der Waals surface area contributed by atoms with Gasteiger partial charge in [-0.25, -0.2) is 0 Å². The van der Waals surface area contributed by atoms with E-state index in [9.17, 15) is 0 Å². The van der Waals surface area contributed by atoms with Gasteiger partial charge in [0.1, 0.15) is 7.11 Å². The Labute approximate surface area is 68.9 Å². The largest absolute Gasteiger partial charge is 0.399 e. The summed E-state index contributed by atoms with van der Waals surface area (Å²) < 4.78 is 0. The highest BCUT2D eigenvalue weighted by Gasteiger charge is 1.87. The fraction of sp³-hybridized carbons (Fsp3) is 0.667. The second kappa shape index (κ2) is 7.32. The zero-order valence-corrected chi connectivity index (χ0v) is 7.63. The summed E-state index contributed by atoms with van der Waals surface area (Å²) in [4.78, 5) is 4.58. The van der Waals surface area contributed by atoms with E-state index in [0.717, 1.165) is 12.8 Å². The van der Waals surface area contributed by atoms with Crippen molar-refractivity contribution in [1.29, 1.82) is 0 Å². The van der Waals surface area contributed by atoms with Gasteiger partial charge in [-0.1, -0.05) is 31.5 Å². The van der Waals surface area contributed by atoms with Crippen LogP contribution in [0.5, 0.6) is 0 Å². The first-order valence-electron chi connectivity index (χ1n) is 4.10. The van der Waals surface area contributed by atoms with E-state index in [1.54, 1.807) is 13.3 Å². The number of hydrogen-bond acceptors (Lipinski definition) is 2. The summed E-state index contributed by atoms with van der Waals surface area (Å²) >= 11 is 0. The van der Waals surface area contributed by atoms with Crippen molar-refractivity contribution in [3.63, 3.8) is 0 Å². The van der Waals surface area contributed by atoms with E-state index in [0.29, 0.717) is 0 Å². The minimum absolute atomic E-state index is 1.02. The highest BCUT2D eigenvalue weighted by atomic mass is 16.6. The Hall–Kier alpha value is -0.790. The van der Waals surface area contributed by atoms with Gasteiger partial charge >= 0.3 is 0 Å². The third-order valence-electron chi connectivity index (χ3n) is 1.43. The summed E-state index contributed by atoms with van der Waals surface area (Å²) in [7, 11) is 1.56. The molecule has 0 rings (SSSR count). The molecule has 2 nitrogen and oxygen atoms in total. The predicted octanol–water partition coefficient (Wildman–Crippen LogP) is 2.76. The molecule has 0 aliphatic heterocycles. The van der Waals surface area contributed by atoms with Gasteiger partial charge in [0, 0.05) is 0 Å². The quantitative estimate of drug-likeness (QED) is 0.442. The zero-order valence-electron chi connectivity index (χ0n) is 7.63. The van der Waals surface area contributed by atoms with E-state index in [-0.39, 0.29) is 0 Å². The van der Waals surface area contributed by atoms with E-state index in [2.05, 4.69) is 29.9 Å². The van der Waals surface area contributed by atoms with Gasteiger partial charge < -0.3 is 4.84 Å². The molecule has 0 atom stereocenters. The fourth-order valence-electron chi connectivity index (χ4n) is 0.738. The van der Waals surface area contributed by atoms with Crippen molar-refractivity contribution in [2.45, 2.75) is 33.1 Å². The molecule has 11 heavy (non-hydrogen) atoms. The molecule has 0 fully saturated rings. The van der Waals surface area contributed by atoms with Crippen LogP contribution in [0, 0.1) is 0 Å². The molecular formula is C9H17NO. The minimum atomic E-state index is 1.02. The van der Waals surface area contributed by atoms with E-state index >= 15 is 0 Å². The van der Waals surface area contributed by atoms with Crippen LogP contribution in [0.2, 0.25) is 0 Å². The van der Waals surface area contributed by atoms with Crippen LogP contribution in [0.1, 0.15) is 33.1 Å². The topological polar surface area (TPSA) is 21.6 Å². The number of rotatable bonds is 5. The van der Waals surface area contributed by atoms with E-state index in [4.69, 9.17) is 0 Å². The number of allylic oxidation sites excluding steroid dienone is 2. The lowest BCUT2D eigenvalue weighted by molar-refractivity contribution is 0.215. The van der Waals surface area contributed by atoms with Gasteiger partial charge in [0.2, 0.25) is 0 Å². The normalized spacial score (nSPS) is 12.5. The second-order valence-electron chi connectivity index (χ2n) is 2.34. The van der Waals surface area contributed by atoms with Gasteiger partial charge in [0.05, 0.1) is 6.21 Å². The Morgan fingerprint density at radius 1 is 1.45 bits per heavy atom. The molecule has 2 heteroatoms. The maximum absolute atomic E-state index is 4.58. The van der Waals surface area contributed by atoms with Gasteiger partial charge in [0.15, 0.2) is 0 Å². The maximum atomic E-state index is 4.58. The number of hydrogen-bond donors (Lipinski definition) is 0. The zero-order chi connectivity index (χ0) is 8.53. The number of unbranched alkanes of at least 4 members (excludes halogenated alkanes) is 1. The first-order valence-corrected chi connectivity index (χ1v) is 4.10.